The van der Waals surface area contributed by atoms with Crippen molar-refractivity contribution in [2.75, 3.05) is 25.0 Å². The molecule has 1 fully saturated rings. The Morgan fingerprint density at radius 3 is 2.19 bits per heavy atom. The van der Waals surface area contributed by atoms with Gasteiger partial charge in [0.25, 0.3) is 5.91 Å². The quantitative estimate of drug-likeness (QED) is 0.390. The zero-order chi connectivity index (χ0) is 25.3. The predicted molar refractivity (Wildman–Crippen MR) is 133 cm³/mol. The summed E-state index contributed by atoms with van der Waals surface area (Å²) < 4.78 is 53.4. The Labute approximate surface area is 213 Å². The fraction of sp³-hybridized carbons (Fsp3) is 0.346. The minimum absolute atomic E-state index is 0. The molecule has 10 heteroatoms. The van der Waals surface area contributed by atoms with Gasteiger partial charge < -0.3 is 9.80 Å². The molecule has 1 saturated heterocycles. The minimum Gasteiger partial charge on any atom is -0.355 e. The van der Waals surface area contributed by atoms with Crippen molar-refractivity contribution in [2.24, 2.45) is 0 Å². The first-order valence-corrected chi connectivity index (χ1v) is 11.4. The molecule has 5 nitrogen and oxygen atoms in total. The first kappa shape index (κ1) is 27.4. The Hall–Kier alpha value is -3.20. The second kappa shape index (κ2) is 10.8. The maximum atomic E-state index is 13.4. The molecule has 2 heterocycles. The average molecular weight is 523 g/mol. The van der Waals surface area contributed by atoms with Gasteiger partial charge in [-0.3, -0.25) is 4.79 Å². The number of halogens is 5. The van der Waals surface area contributed by atoms with E-state index >= 15 is 0 Å². The van der Waals surface area contributed by atoms with Crippen molar-refractivity contribution < 1.29 is 22.4 Å². The van der Waals surface area contributed by atoms with E-state index in [4.69, 9.17) is 0 Å². The summed E-state index contributed by atoms with van der Waals surface area (Å²) in [5, 5.41) is 8.81. The van der Waals surface area contributed by atoms with Gasteiger partial charge in [-0.15, -0.1) is 22.6 Å². The predicted octanol–water partition coefficient (Wildman–Crippen LogP) is 6.08. The summed E-state index contributed by atoms with van der Waals surface area (Å²) in [5.74, 6) is -0.212. The molecule has 0 radical (unpaired) electrons. The number of benzene rings is 2. The van der Waals surface area contributed by atoms with Crippen molar-refractivity contribution in [3.8, 4) is 11.3 Å². The number of anilines is 1. The molecule has 0 spiro atoms. The summed E-state index contributed by atoms with van der Waals surface area (Å²) >= 11 is 0. The number of amides is 1. The van der Waals surface area contributed by atoms with Gasteiger partial charge in [-0.05, 0) is 74.2 Å². The summed E-state index contributed by atoms with van der Waals surface area (Å²) in [5.41, 5.74) is 2.12. The third-order valence-corrected chi connectivity index (χ3v) is 6.71. The molecule has 1 amide bonds. The molecule has 1 aromatic heterocycles. The molecular weight excluding hydrogens is 496 g/mol. The molecule has 1 aliphatic rings. The molecule has 0 saturated carbocycles. The number of rotatable bonds is 4. The van der Waals surface area contributed by atoms with Gasteiger partial charge in [-0.1, -0.05) is 12.1 Å². The second-order valence-corrected chi connectivity index (χ2v) is 8.81. The first-order chi connectivity index (χ1) is 16.6. The number of piperidine rings is 1. The van der Waals surface area contributed by atoms with E-state index in [1.807, 2.05) is 13.8 Å². The van der Waals surface area contributed by atoms with Gasteiger partial charge >= 0.3 is 6.18 Å². The van der Waals surface area contributed by atoms with Crippen LogP contribution in [-0.4, -0.2) is 47.2 Å². The van der Waals surface area contributed by atoms with Gasteiger partial charge in [-0.25, -0.2) is 4.39 Å². The highest BCUT2D eigenvalue weighted by molar-refractivity contribution is 5.96. The van der Waals surface area contributed by atoms with E-state index in [2.05, 4.69) is 15.1 Å². The molecule has 0 unspecified atom stereocenters. The Kier molecular flexibility index (Phi) is 8.23. The van der Waals surface area contributed by atoms with Gasteiger partial charge in [0.15, 0.2) is 5.82 Å². The Morgan fingerprint density at radius 2 is 1.58 bits per heavy atom. The lowest BCUT2D eigenvalue weighted by Crippen LogP contribution is -2.46. The van der Waals surface area contributed by atoms with Crippen LogP contribution in [0.3, 0.4) is 0 Å². The molecule has 1 aliphatic heterocycles. The zero-order valence-electron chi connectivity index (χ0n) is 20.1. The second-order valence-electron chi connectivity index (χ2n) is 8.81. The van der Waals surface area contributed by atoms with E-state index in [0.717, 1.165) is 28.6 Å². The number of hydrogen-bond acceptors (Lipinski definition) is 4. The highest BCUT2D eigenvalue weighted by Gasteiger charge is 2.37. The Balaban J connectivity index is 0.00000361. The van der Waals surface area contributed by atoms with E-state index in [1.165, 1.54) is 35.2 Å². The number of nitrogens with zero attached hydrogens (tertiary/aromatic N) is 4. The van der Waals surface area contributed by atoms with E-state index in [9.17, 15) is 22.4 Å². The maximum Gasteiger partial charge on any atom is 0.417 e. The van der Waals surface area contributed by atoms with Gasteiger partial charge in [0.2, 0.25) is 0 Å². The van der Waals surface area contributed by atoms with Crippen LogP contribution < -0.4 is 4.90 Å². The van der Waals surface area contributed by atoms with Crippen LogP contribution in [0, 0.1) is 19.7 Å². The van der Waals surface area contributed by atoms with Gasteiger partial charge in [0.1, 0.15) is 5.82 Å². The van der Waals surface area contributed by atoms with Crippen LogP contribution in [0.1, 0.15) is 39.9 Å². The molecule has 2 aromatic carbocycles. The van der Waals surface area contributed by atoms with Crippen LogP contribution in [0.5, 0.6) is 0 Å². The molecule has 4 rings (SSSR count). The van der Waals surface area contributed by atoms with Crippen molar-refractivity contribution in [3.05, 3.63) is 76.6 Å². The lowest BCUT2D eigenvalue weighted by atomic mass is 9.99. The number of carbonyl (C=O) groups is 1. The largest absolute Gasteiger partial charge is 0.417 e. The SMILES string of the molecule is Cc1c(-c2ccc(F)cc2)nnc(N2CCC(N(C)C(=O)c3ccccc3C(F)(F)F)CC2)c1C.Cl. The fourth-order valence-electron chi connectivity index (χ4n) is 4.51. The Morgan fingerprint density at radius 1 is 0.972 bits per heavy atom. The molecule has 36 heavy (non-hydrogen) atoms. The van der Waals surface area contributed by atoms with Gasteiger partial charge in [0, 0.05) is 31.7 Å². The number of hydrogen-bond donors (Lipinski definition) is 0. The minimum atomic E-state index is -4.59. The highest BCUT2D eigenvalue weighted by atomic mass is 35.5. The summed E-state index contributed by atoms with van der Waals surface area (Å²) in [6.45, 7) is 5.09. The Bertz CT molecular complexity index is 1230. The van der Waals surface area contributed by atoms with Crippen molar-refractivity contribution in [1.29, 1.82) is 0 Å². The van der Waals surface area contributed by atoms with E-state index in [-0.39, 0.29) is 29.8 Å². The van der Waals surface area contributed by atoms with Gasteiger partial charge in [-0.2, -0.15) is 13.2 Å². The van der Waals surface area contributed by atoms with Gasteiger partial charge in [0.05, 0.1) is 16.8 Å². The molecule has 0 aliphatic carbocycles. The summed E-state index contributed by atoms with van der Waals surface area (Å²) in [6.07, 6.45) is -3.41. The fourth-order valence-corrected chi connectivity index (χ4v) is 4.51. The zero-order valence-corrected chi connectivity index (χ0v) is 21.0. The maximum absolute atomic E-state index is 13.4. The third-order valence-electron chi connectivity index (χ3n) is 6.71. The van der Waals surface area contributed by atoms with E-state index in [1.54, 1.807) is 19.2 Å². The summed E-state index contributed by atoms with van der Waals surface area (Å²) in [6, 6.07) is 10.8. The van der Waals surface area contributed by atoms with Crippen LogP contribution >= 0.6 is 12.4 Å². The van der Waals surface area contributed by atoms with E-state index < -0.39 is 17.6 Å². The summed E-state index contributed by atoms with van der Waals surface area (Å²) in [7, 11) is 1.56. The highest BCUT2D eigenvalue weighted by Crippen LogP contribution is 2.33. The van der Waals surface area contributed by atoms with Crippen molar-refractivity contribution in [2.45, 2.75) is 38.9 Å². The summed E-state index contributed by atoms with van der Waals surface area (Å²) in [4.78, 5) is 16.4. The van der Waals surface area contributed by atoms with Crippen molar-refractivity contribution in [1.82, 2.24) is 15.1 Å². The molecular formula is C26H27ClF4N4O. The average Bonchev–Trinajstić information content (AvgIpc) is 2.85. The van der Waals surface area contributed by atoms with E-state index in [0.29, 0.717) is 31.6 Å². The van der Waals surface area contributed by atoms with Crippen LogP contribution in [0.2, 0.25) is 0 Å². The molecule has 0 atom stereocenters. The normalized spacial score (nSPS) is 14.4. The standard InChI is InChI=1S/C26H26F4N4O.ClH/c1-16-17(2)24(32-31-23(16)18-8-10-19(27)11-9-18)34-14-12-20(13-15-34)33(3)25(35)21-6-4-5-7-22(21)26(28,29)30;/h4-11,20H,12-15H2,1-3H3;1H. The number of carbonyl (C=O) groups excluding carboxylic acids is 1. The molecule has 0 N–H and O–H groups in total. The monoisotopic (exact) mass is 522 g/mol. The third kappa shape index (κ3) is 5.46. The lowest BCUT2D eigenvalue weighted by Gasteiger charge is -2.38. The topological polar surface area (TPSA) is 49.3 Å². The van der Waals surface area contributed by atoms with Crippen LogP contribution in [0.4, 0.5) is 23.4 Å². The first-order valence-electron chi connectivity index (χ1n) is 11.4. The lowest BCUT2D eigenvalue weighted by molar-refractivity contribution is -0.138. The van der Waals surface area contributed by atoms with Crippen LogP contribution in [0.25, 0.3) is 11.3 Å². The molecule has 3 aromatic rings. The number of aromatic nitrogens is 2. The van der Waals surface area contributed by atoms with Crippen molar-refractivity contribution >= 4 is 24.1 Å². The van der Waals surface area contributed by atoms with Crippen molar-refractivity contribution in [3.63, 3.8) is 0 Å². The molecule has 0 bridgehead atoms. The number of alkyl halides is 3. The molecule has 192 valence electrons. The van der Waals surface area contributed by atoms with Crippen LogP contribution in [0.15, 0.2) is 48.5 Å². The smallest absolute Gasteiger partial charge is 0.355 e. The van der Waals surface area contributed by atoms with Crippen LogP contribution in [-0.2, 0) is 6.18 Å².